The third-order valence-corrected chi connectivity index (χ3v) is 6.94. The molecule has 0 amide bonds. The Balaban J connectivity index is 1.72. The molecule has 0 aromatic carbocycles. The Morgan fingerprint density at radius 1 is 1.25 bits per heavy atom. The van der Waals surface area contributed by atoms with E-state index in [0.717, 1.165) is 35.8 Å². The van der Waals surface area contributed by atoms with Gasteiger partial charge in [0.1, 0.15) is 15.7 Å². The number of nitrogens with zero attached hydrogens (tertiary/aromatic N) is 4. The second kappa shape index (κ2) is 7.16. The predicted octanol–water partition coefficient (Wildman–Crippen LogP) is 2.66. The van der Waals surface area contributed by atoms with Crippen LogP contribution in [-0.4, -0.2) is 42.8 Å². The van der Waals surface area contributed by atoms with Crippen LogP contribution in [0.3, 0.4) is 0 Å². The Labute approximate surface area is 147 Å². The highest BCUT2D eigenvalue weighted by Gasteiger charge is 2.26. The van der Waals surface area contributed by atoms with Crippen molar-refractivity contribution in [2.45, 2.75) is 37.6 Å². The molecule has 0 aliphatic carbocycles. The lowest BCUT2D eigenvalue weighted by molar-refractivity contribution is 0.346. The van der Waals surface area contributed by atoms with E-state index in [-0.39, 0.29) is 4.90 Å². The van der Waals surface area contributed by atoms with Gasteiger partial charge in [0.2, 0.25) is 10.0 Å². The van der Waals surface area contributed by atoms with Gasteiger partial charge in [0.15, 0.2) is 0 Å². The van der Waals surface area contributed by atoms with Gasteiger partial charge < -0.3 is 4.90 Å². The lowest BCUT2D eigenvalue weighted by Gasteiger charge is -2.26. The molecule has 8 heteroatoms. The number of hydrogen-bond acceptors (Lipinski definition) is 6. The highest BCUT2D eigenvalue weighted by atomic mass is 32.2. The lowest BCUT2D eigenvalue weighted by Crippen LogP contribution is -2.35. The molecule has 0 saturated carbocycles. The predicted molar refractivity (Wildman–Crippen MR) is 95.8 cm³/mol. The van der Waals surface area contributed by atoms with E-state index in [4.69, 9.17) is 0 Å². The molecule has 2 aromatic rings. The fourth-order valence-corrected chi connectivity index (χ4v) is 5.05. The van der Waals surface area contributed by atoms with E-state index >= 15 is 0 Å². The largest absolute Gasteiger partial charge is 0.353 e. The molecule has 24 heavy (non-hydrogen) atoms. The Bertz CT molecular complexity index is 781. The van der Waals surface area contributed by atoms with Crippen molar-refractivity contribution < 1.29 is 8.42 Å². The van der Waals surface area contributed by atoms with Crippen LogP contribution in [0.15, 0.2) is 28.6 Å². The van der Waals surface area contributed by atoms with Crippen molar-refractivity contribution in [1.82, 2.24) is 14.3 Å². The molecule has 1 fully saturated rings. The summed E-state index contributed by atoms with van der Waals surface area (Å²) in [5, 5.41) is 3.03. The minimum Gasteiger partial charge on any atom is -0.353 e. The van der Waals surface area contributed by atoms with Crippen molar-refractivity contribution in [3.05, 3.63) is 34.4 Å². The number of aryl methyl sites for hydroxylation is 1. The molecule has 0 N–H and O–H groups in total. The van der Waals surface area contributed by atoms with Gasteiger partial charge >= 0.3 is 0 Å². The lowest BCUT2D eigenvalue weighted by atomic mass is 10.2. The quantitative estimate of drug-likeness (QED) is 0.814. The summed E-state index contributed by atoms with van der Waals surface area (Å²) in [6.07, 6.45) is 4.43. The van der Waals surface area contributed by atoms with Gasteiger partial charge in [0, 0.05) is 37.4 Å². The molecular formula is C16H22N4O2S2. The van der Waals surface area contributed by atoms with Gasteiger partial charge in [-0.2, -0.15) is 4.31 Å². The van der Waals surface area contributed by atoms with Crippen LogP contribution in [0.2, 0.25) is 0 Å². The molecule has 0 unspecified atom stereocenters. The van der Waals surface area contributed by atoms with Crippen LogP contribution in [0, 0.1) is 6.92 Å². The molecule has 130 valence electrons. The molecule has 0 atom stereocenters. The maximum atomic E-state index is 12.6. The number of pyridine rings is 1. The Hall–Kier alpha value is -1.51. The zero-order valence-electron chi connectivity index (χ0n) is 14.0. The summed E-state index contributed by atoms with van der Waals surface area (Å²) >= 11 is 1.62. The summed E-state index contributed by atoms with van der Waals surface area (Å²) in [4.78, 5) is 11.0. The highest BCUT2D eigenvalue weighted by molar-refractivity contribution is 7.89. The molecular weight excluding hydrogens is 344 g/mol. The van der Waals surface area contributed by atoms with Crippen molar-refractivity contribution in [2.75, 3.05) is 25.0 Å². The van der Waals surface area contributed by atoms with Gasteiger partial charge in [-0.05, 0) is 31.9 Å². The van der Waals surface area contributed by atoms with E-state index in [9.17, 15) is 8.42 Å². The normalized spacial score (nSPS) is 16.2. The van der Waals surface area contributed by atoms with Crippen LogP contribution >= 0.6 is 11.3 Å². The number of thiazole rings is 1. The molecule has 6 nitrogen and oxygen atoms in total. The minimum absolute atomic E-state index is 0.270. The summed E-state index contributed by atoms with van der Waals surface area (Å²) in [6.45, 7) is 3.84. The molecule has 1 saturated heterocycles. The number of anilines is 1. The number of sulfonamides is 1. The fourth-order valence-electron chi connectivity index (χ4n) is 2.76. The van der Waals surface area contributed by atoms with Gasteiger partial charge in [-0.25, -0.2) is 18.4 Å². The molecule has 3 heterocycles. The summed E-state index contributed by atoms with van der Waals surface area (Å²) in [7, 11) is -1.49. The molecule has 3 rings (SSSR count). The van der Waals surface area contributed by atoms with E-state index in [2.05, 4.69) is 9.97 Å². The van der Waals surface area contributed by atoms with Gasteiger partial charge in [-0.3, -0.25) is 0 Å². The smallest absolute Gasteiger partial charge is 0.244 e. The van der Waals surface area contributed by atoms with E-state index in [1.165, 1.54) is 6.20 Å². The molecule has 0 bridgehead atoms. The summed E-state index contributed by atoms with van der Waals surface area (Å²) in [5.41, 5.74) is 1.01. The third-order valence-electron chi connectivity index (χ3n) is 4.10. The monoisotopic (exact) mass is 366 g/mol. The molecule has 1 aliphatic heterocycles. The number of piperidine rings is 1. The van der Waals surface area contributed by atoms with Gasteiger partial charge in [-0.1, -0.05) is 6.42 Å². The summed E-state index contributed by atoms with van der Waals surface area (Å²) in [5.74, 6) is 0.737. The van der Waals surface area contributed by atoms with Crippen LogP contribution in [0.5, 0.6) is 0 Å². The fraction of sp³-hybridized carbons (Fsp3) is 0.500. The first kappa shape index (κ1) is 17.3. The topological polar surface area (TPSA) is 66.4 Å². The molecule has 0 radical (unpaired) electrons. The Kier molecular flexibility index (Phi) is 5.17. The van der Waals surface area contributed by atoms with Crippen LogP contribution in [0.4, 0.5) is 5.82 Å². The van der Waals surface area contributed by atoms with Gasteiger partial charge in [0.25, 0.3) is 0 Å². The van der Waals surface area contributed by atoms with Crippen molar-refractivity contribution in [2.24, 2.45) is 0 Å². The zero-order chi connectivity index (χ0) is 17.2. The zero-order valence-corrected chi connectivity index (χ0v) is 15.6. The van der Waals surface area contributed by atoms with Crippen molar-refractivity contribution >= 4 is 27.2 Å². The molecule has 1 aliphatic rings. The van der Waals surface area contributed by atoms with Gasteiger partial charge in [-0.15, -0.1) is 11.3 Å². The first-order valence-corrected chi connectivity index (χ1v) is 10.4. The first-order valence-electron chi connectivity index (χ1n) is 8.05. The van der Waals surface area contributed by atoms with E-state index in [0.29, 0.717) is 19.6 Å². The van der Waals surface area contributed by atoms with E-state index in [1.54, 1.807) is 27.8 Å². The number of aromatic nitrogens is 2. The molecule has 2 aromatic heterocycles. The second-order valence-corrected chi connectivity index (χ2v) is 8.94. The van der Waals surface area contributed by atoms with Crippen LogP contribution in [0.25, 0.3) is 0 Å². The Morgan fingerprint density at radius 2 is 2.00 bits per heavy atom. The maximum Gasteiger partial charge on any atom is 0.244 e. The first-order chi connectivity index (χ1) is 11.5. The van der Waals surface area contributed by atoms with Crippen molar-refractivity contribution in [3.63, 3.8) is 0 Å². The average Bonchev–Trinajstić information content (AvgIpc) is 3.00. The van der Waals surface area contributed by atoms with E-state index in [1.807, 2.05) is 24.3 Å². The van der Waals surface area contributed by atoms with Crippen LogP contribution in [0.1, 0.15) is 30.0 Å². The number of hydrogen-bond donors (Lipinski definition) is 0. The van der Waals surface area contributed by atoms with E-state index < -0.39 is 10.0 Å². The molecule has 0 spiro atoms. The van der Waals surface area contributed by atoms with Gasteiger partial charge in [0.05, 0.1) is 6.54 Å². The SMILES string of the molecule is Cc1csc(CN(C)c2ccc(S(=O)(=O)N3CCCCC3)cn2)n1. The second-order valence-electron chi connectivity index (χ2n) is 6.06. The third kappa shape index (κ3) is 3.76. The maximum absolute atomic E-state index is 12.6. The van der Waals surface area contributed by atoms with Crippen molar-refractivity contribution in [3.8, 4) is 0 Å². The van der Waals surface area contributed by atoms with Crippen LogP contribution in [-0.2, 0) is 16.6 Å². The minimum atomic E-state index is -3.42. The average molecular weight is 367 g/mol. The summed E-state index contributed by atoms with van der Waals surface area (Å²) < 4.78 is 26.8. The van der Waals surface area contributed by atoms with Crippen molar-refractivity contribution in [1.29, 1.82) is 0 Å². The highest BCUT2D eigenvalue weighted by Crippen LogP contribution is 2.22. The standard InChI is InChI=1S/C16H22N4O2S2/c1-13-12-23-16(18-13)11-19(2)15-7-6-14(10-17-15)24(21,22)20-8-4-3-5-9-20/h6-7,10,12H,3-5,8-9,11H2,1-2H3. The summed E-state index contributed by atoms with van der Waals surface area (Å²) in [6, 6.07) is 3.41. The van der Waals surface area contributed by atoms with Crippen LogP contribution < -0.4 is 4.90 Å². The number of rotatable bonds is 5. The Morgan fingerprint density at radius 3 is 2.58 bits per heavy atom.